The molecular weight excluding hydrogens is 377 g/mol. The van der Waals surface area contributed by atoms with Crippen LogP contribution < -0.4 is 0 Å². The fraction of sp³-hybridized carbons (Fsp3) is 0.481. The van der Waals surface area contributed by atoms with E-state index < -0.39 is 0 Å². The molecule has 0 bridgehead atoms. The maximum atomic E-state index is 5.07. The molecule has 2 aliphatic rings. The molecule has 0 atom stereocenters. The normalized spacial score (nSPS) is 17.9. The average Bonchev–Trinajstić information content (AvgIpc) is 2.77. The zero-order chi connectivity index (χ0) is 20.2. The van der Waals surface area contributed by atoms with Crippen molar-refractivity contribution in [2.45, 2.75) is 82.7 Å². The third-order valence-corrected chi connectivity index (χ3v) is 5.86. The number of amidine groups is 1. The van der Waals surface area contributed by atoms with E-state index in [1.807, 2.05) is 30.3 Å². The van der Waals surface area contributed by atoms with Crippen LogP contribution in [0.2, 0.25) is 0 Å². The van der Waals surface area contributed by atoms with Gasteiger partial charge in [-0.1, -0.05) is 106 Å². The Balaban J connectivity index is 0.000000341. The first kappa shape index (κ1) is 24.8. The first-order valence-electron chi connectivity index (χ1n) is 11.5. The molecule has 0 N–H and O–H groups in total. The van der Waals surface area contributed by atoms with Crippen molar-refractivity contribution < 1.29 is 0 Å². The summed E-state index contributed by atoms with van der Waals surface area (Å²) in [6.07, 6.45) is 14.1. The summed E-state index contributed by atoms with van der Waals surface area (Å²) in [6.45, 7) is 3.72. The van der Waals surface area contributed by atoms with Gasteiger partial charge in [0, 0.05) is 0 Å². The van der Waals surface area contributed by atoms with Gasteiger partial charge in [0.1, 0.15) is 0 Å². The van der Waals surface area contributed by atoms with E-state index in [1.165, 1.54) is 69.8 Å². The van der Waals surface area contributed by atoms with Gasteiger partial charge < -0.3 is 10.3 Å². The molecule has 0 saturated heterocycles. The predicted octanol–water partition coefficient (Wildman–Crippen LogP) is 7.15. The molecule has 2 aromatic carbocycles. The van der Waals surface area contributed by atoms with E-state index in [1.54, 1.807) is 0 Å². The van der Waals surface area contributed by atoms with Crippen molar-refractivity contribution in [1.82, 2.24) is 0 Å². The molecule has 0 spiro atoms. The summed E-state index contributed by atoms with van der Waals surface area (Å²) in [5.41, 5.74) is 2.42. The Morgan fingerprint density at radius 2 is 1.30 bits per heavy atom. The monoisotopic (exact) mass is 412 g/mol. The summed E-state index contributed by atoms with van der Waals surface area (Å²) in [7, 11) is 0. The molecule has 30 heavy (non-hydrogen) atoms. The molecule has 0 heterocycles. The molecule has 2 aromatic rings. The molecule has 0 amide bonds. The molecule has 0 unspecified atom stereocenters. The Bertz CT molecular complexity index is 702. The van der Waals surface area contributed by atoms with Crippen LogP contribution in [0.4, 0.5) is 0 Å². The summed E-state index contributed by atoms with van der Waals surface area (Å²) in [5.74, 6) is 1.12. The van der Waals surface area contributed by atoms with E-state index in [2.05, 4.69) is 37.3 Å². The molecule has 3 heteroatoms. The number of hydrogen-bond donors (Lipinski definition) is 0. The van der Waals surface area contributed by atoms with E-state index in [0.29, 0.717) is 12.1 Å². The van der Waals surface area contributed by atoms with Gasteiger partial charge in [-0.05, 0) is 24.1 Å². The van der Waals surface area contributed by atoms with E-state index >= 15 is 0 Å². The quantitative estimate of drug-likeness (QED) is 0.220. The summed E-state index contributed by atoms with van der Waals surface area (Å²) >= 11 is 0. The van der Waals surface area contributed by atoms with Gasteiger partial charge in [0.15, 0.2) is 0 Å². The van der Waals surface area contributed by atoms with Gasteiger partial charge in [0.25, 0.3) is 0 Å². The number of aliphatic imine (C=N–C) groups is 1. The van der Waals surface area contributed by atoms with E-state index in [4.69, 9.17) is 10.3 Å². The van der Waals surface area contributed by atoms with Crippen LogP contribution in [0.3, 0.4) is 0 Å². The number of hydrogen-bond acceptors (Lipinski definition) is 1. The van der Waals surface area contributed by atoms with Gasteiger partial charge in [-0.15, -0.1) is 12.1 Å². The first-order chi connectivity index (χ1) is 14.3. The minimum Gasteiger partial charge on any atom is -0.466 e. The third kappa shape index (κ3) is 9.57. The minimum absolute atomic E-state index is 0. The number of benzene rings is 2. The van der Waals surface area contributed by atoms with Crippen molar-refractivity contribution in [1.29, 1.82) is 0 Å². The third-order valence-electron chi connectivity index (χ3n) is 5.86. The van der Waals surface area contributed by atoms with Crippen LogP contribution in [0.15, 0.2) is 65.7 Å². The molecule has 2 aliphatic carbocycles. The van der Waals surface area contributed by atoms with Crippen LogP contribution in [-0.2, 0) is 6.42 Å². The number of nitrogens with zero attached hydrogens (tertiary/aromatic N) is 2. The average molecular weight is 413 g/mol. The largest absolute Gasteiger partial charge is 2.00 e. The second kappa shape index (κ2) is 14.5. The molecular formula is C27H36MgN2. The summed E-state index contributed by atoms with van der Waals surface area (Å²) in [5, 5.41) is 5.07. The van der Waals surface area contributed by atoms with Crippen LogP contribution in [0.5, 0.6) is 0 Å². The van der Waals surface area contributed by atoms with Crippen molar-refractivity contribution in [2.24, 2.45) is 4.99 Å². The first-order valence-corrected chi connectivity index (χ1v) is 11.5. The molecule has 2 fully saturated rings. The second-order valence-corrected chi connectivity index (χ2v) is 8.41. The minimum atomic E-state index is 0. The maximum Gasteiger partial charge on any atom is 2.00 e. The van der Waals surface area contributed by atoms with Crippen molar-refractivity contribution >= 4 is 28.9 Å². The zero-order valence-electron chi connectivity index (χ0n) is 18.5. The Morgan fingerprint density at radius 3 is 1.83 bits per heavy atom. The molecule has 2 nitrogen and oxygen atoms in total. The predicted molar refractivity (Wildman–Crippen MR) is 131 cm³/mol. The van der Waals surface area contributed by atoms with E-state index in [9.17, 15) is 0 Å². The molecule has 0 radical (unpaired) electrons. The summed E-state index contributed by atoms with van der Waals surface area (Å²) in [4.78, 5) is 5.07. The van der Waals surface area contributed by atoms with Crippen molar-refractivity contribution in [2.75, 3.05) is 0 Å². The Morgan fingerprint density at radius 1 is 0.767 bits per heavy atom. The summed E-state index contributed by atoms with van der Waals surface area (Å²) in [6, 6.07) is 21.7. The zero-order valence-corrected chi connectivity index (χ0v) is 19.9. The standard InChI is InChI=1S/C20H29N2.C7H7.Mg/c1-4-10-17(11-5-1)16-20(21-18-12-6-2-7-13-18)22-19-14-8-3-9-15-19;1-7-5-3-2-4-6-7;/h1,4-5,10-11,18-19H,2-3,6-9,12-16H2;2-6H,1H2;/q2*-1;+2. The summed E-state index contributed by atoms with van der Waals surface area (Å²) < 4.78 is 0. The van der Waals surface area contributed by atoms with Crippen LogP contribution in [0, 0.1) is 6.92 Å². The van der Waals surface area contributed by atoms with E-state index in [-0.39, 0.29) is 23.1 Å². The van der Waals surface area contributed by atoms with Gasteiger partial charge in [0.2, 0.25) is 0 Å². The van der Waals surface area contributed by atoms with Gasteiger partial charge >= 0.3 is 23.1 Å². The Kier molecular flexibility index (Phi) is 12.0. The van der Waals surface area contributed by atoms with Gasteiger partial charge in [-0.3, -0.25) is 0 Å². The van der Waals surface area contributed by atoms with Crippen molar-refractivity contribution in [3.05, 3.63) is 84.0 Å². The van der Waals surface area contributed by atoms with Crippen LogP contribution >= 0.6 is 0 Å². The van der Waals surface area contributed by atoms with Gasteiger partial charge in [0.05, 0.1) is 0 Å². The maximum absolute atomic E-state index is 5.07. The van der Waals surface area contributed by atoms with E-state index in [0.717, 1.165) is 17.8 Å². The molecule has 0 aromatic heterocycles. The van der Waals surface area contributed by atoms with Gasteiger partial charge in [-0.25, -0.2) is 0 Å². The Labute approximate surface area is 200 Å². The molecule has 4 rings (SSSR count). The second-order valence-electron chi connectivity index (χ2n) is 8.41. The molecule has 2 saturated carbocycles. The fourth-order valence-electron chi connectivity index (χ4n) is 4.22. The fourth-order valence-corrected chi connectivity index (χ4v) is 4.22. The van der Waals surface area contributed by atoms with Crippen molar-refractivity contribution in [3.63, 3.8) is 0 Å². The van der Waals surface area contributed by atoms with Crippen LogP contribution in [0.25, 0.3) is 5.32 Å². The smallest absolute Gasteiger partial charge is 0.466 e. The number of rotatable bonds is 4. The SMILES string of the molecule is [CH2-]c1ccccc1.[Mg+2].c1ccc(CC(=NC2CCCCC2)[N-]C2CCCCC2)cc1. The Hall–Kier alpha value is -1.45. The van der Waals surface area contributed by atoms with Crippen molar-refractivity contribution in [3.8, 4) is 0 Å². The molecule has 156 valence electrons. The van der Waals surface area contributed by atoms with Gasteiger partial charge in [-0.2, -0.15) is 24.6 Å². The van der Waals surface area contributed by atoms with Crippen LogP contribution in [-0.4, -0.2) is 41.0 Å². The topological polar surface area (TPSA) is 26.5 Å². The molecule has 0 aliphatic heterocycles. The van der Waals surface area contributed by atoms with Crippen LogP contribution in [0.1, 0.15) is 75.3 Å².